The van der Waals surface area contributed by atoms with Crippen LogP contribution in [0.2, 0.25) is 0 Å². The molecule has 5 rings (SSSR count). The molecule has 0 saturated heterocycles. The standard InChI is InChI=1S/C32H38F3N3O4S/c1-37(2)20-21-13-17-36-27(18-21)42-24-10-8-23(9-11-24)38(29(39)22-6-4-3-5-7-22)26-19-25(43-28(26)30(40)41)12-14-31(15-16-31)32(33,34)35/h13,17-19,22-24H,3-11,15-16,20H2,1-2H3,(H,40,41)/t23-,24-. The predicted molar refractivity (Wildman–Crippen MR) is 158 cm³/mol. The van der Waals surface area contributed by atoms with Crippen molar-refractivity contribution in [2.45, 2.75) is 95.5 Å². The van der Waals surface area contributed by atoms with Gasteiger partial charge in [-0.2, -0.15) is 13.2 Å². The van der Waals surface area contributed by atoms with E-state index in [9.17, 15) is 27.9 Å². The lowest BCUT2D eigenvalue weighted by Gasteiger charge is -2.39. The van der Waals surface area contributed by atoms with Gasteiger partial charge in [0.2, 0.25) is 11.8 Å². The second-order valence-corrected chi connectivity index (χ2v) is 13.3. The minimum Gasteiger partial charge on any atom is -0.477 e. The Kier molecular flexibility index (Phi) is 9.37. The molecule has 11 heteroatoms. The largest absolute Gasteiger partial charge is 0.477 e. The maximum atomic E-state index is 14.0. The van der Waals surface area contributed by atoms with Crippen molar-refractivity contribution >= 4 is 28.9 Å². The molecule has 3 aliphatic carbocycles. The zero-order chi connectivity index (χ0) is 30.8. The Morgan fingerprint density at radius 3 is 2.40 bits per heavy atom. The molecular weight excluding hydrogens is 579 g/mol. The Labute approximate surface area is 254 Å². The summed E-state index contributed by atoms with van der Waals surface area (Å²) in [5, 5.41) is 10.1. The van der Waals surface area contributed by atoms with E-state index in [2.05, 4.69) is 21.7 Å². The lowest BCUT2D eigenvalue weighted by atomic mass is 9.86. The first-order valence-corrected chi connectivity index (χ1v) is 15.8. The Morgan fingerprint density at radius 1 is 1.09 bits per heavy atom. The molecule has 7 nitrogen and oxygen atoms in total. The summed E-state index contributed by atoms with van der Waals surface area (Å²) in [6.45, 7) is 0.764. The second kappa shape index (κ2) is 12.9. The molecule has 2 heterocycles. The van der Waals surface area contributed by atoms with Crippen LogP contribution in [-0.2, 0) is 11.3 Å². The summed E-state index contributed by atoms with van der Waals surface area (Å²) < 4.78 is 46.6. The van der Waals surface area contributed by atoms with Gasteiger partial charge in [-0.1, -0.05) is 31.1 Å². The van der Waals surface area contributed by atoms with Crippen LogP contribution in [0.4, 0.5) is 18.9 Å². The quantitative estimate of drug-likeness (QED) is 0.325. The number of aromatic carboxylic acids is 1. The Balaban J connectivity index is 1.38. The molecule has 0 spiro atoms. The number of alkyl halides is 3. The topological polar surface area (TPSA) is 83.0 Å². The van der Waals surface area contributed by atoms with Crippen molar-refractivity contribution in [2.75, 3.05) is 19.0 Å². The molecule has 232 valence electrons. The summed E-state index contributed by atoms with van der Waals surface area (Å²) >= 11 is 0.840. The number of rotatable bonds is 8. The highest BCUT2D eigenvalue weighted by molar-refractivity contribution is 7.15. The number of amides is 1. The molecule has 1 amide bonds. The lowest BCUT2D eigenvalue weighted by Crippen LogP contribution is -2.47. The first-order valence-electron chi connectivity index (χ1n) is 15.0. The number of aromatic nitrogens is 1. The molecule has 0 unspecified atom stereocenters. The first kappa shape index (κ1) is 31.3. The second-order valence-electron chi connectivity index (χ2n) is 12.3. The number of anilines is 1. The summed E-state index contributed by atoms with van der Waals surface area (Å²) in [6, 6.07) is 5.14. The average Bonchev–Trinajstić information content (AvgIpc) is 3.66. The highest BCUT2D eigenvalue weighted by Gasteiger charge is 2.62. The molecule has 43 heavy (non-hydrogen) atoms. The average molecular weight is 618 g/mol. The van der Waals surface area contributed by atoms with Gasteiger partial charge in [-0.25, -0.2) is 9.78 Å². The molecule has 2 aromatic rings. The Bertz CT molecular complexity index is 1380. The fraction of sp³-hybridized carbons (Fsp3) is 0.594. The van der Waals surface area contributed by atoms with Crippen LogP contribution < -0.4 is 9.64 Å². The van der Waals surface area contributed by atoms with Gasteiger partial charge < -0.3 is 19.6 Å². The normalized spacial score (nSPS) is 22.0. The first-order chi connectivity index (χ1) is 20.5. The zero-order valence-corrected chi connectivity index (χ0v) is 25.4. The predicted octanol–water partition coefficient (Wildman–Crippen LogP) is 6.90. The summed E-state index contributed by atoms with van der Waals surface area (Å²) in [4.78, 5) is 34.6. The monoisotopic (exact) mass is 617 g/mol. The molecule has 3 saturated carbocycles. The third-order valence-corrected chi connectivity index (χ3v) is 9.70. The van der Waals surface area contributed by atoms with Gasteiger partial charge in [0.15, 0.2) is 0 Å². The van der Waals surface area contributed by atoms with E-state index in [0.717, 1.165) is 55.5 Å². The number of nitrogens with zero attached hydrogens (tertiary/aromatic N) is 3. The third kappa shape index (κ3) is 7.35. The molecular formula is C32H38F3N3O4S. The number of hydrogen-bond donors (Lipinski definition) is 1. The van der Waals surface area contributed by atoms with Gasteiger partial charge in [-0.3, -0.25) is 4.79 Å². The zero-order valence-electron chi connectivity index (χ0n) is 24.6. The maximum Gasteiger partial charge on any atom is 0.405 e. The fourth-order valence-electron chi connectivity index (χ4n) is 6.17. The number of ether oxygens (including phenoxy) is 1. The summed E-state index contributed by atoms with van der Waals surface area (Å²) in [5.41, 5.74) is -0.679. The van der Waals surface area contributed by atoms with Crippen molar-refractivity contribution in [3.8, 4) is 17.7 Å². The molecule has 0 aliphatic heterocycles. The summed E-state index contributed by atoms with van der Waals surface area (Å²) in [5.74, 6) is 4.02. The molecule has 0 radical (unpaired) electrons. The van der Waals surface area contributed by atoms with Crippen LogP contribution in [0.15, 0.2) is 24.4 Å². The van der Waals surface area contributed by atoms with Crippen LogP contribution in [0.5, 0.6) is 5.88 Å². The number of carboxylic acids is 1. The van der Waals surface area contributed by atoms with Crippen LogP contribution >= 0.6 is 11.3 Å². The molecule has 0 bridgehead atoms. The third-order valence-electron chi connectivity index (χ3n) is 8.67. The number of carbonyl (C=O) groups excluding carboxylic acids is 1. The van der Waals surface area contributed by atoms with E-state index in [0.29, 0.717) is 31.6 Å². The van der Waals surface area contributed by atoms with Crippen LogP contribution in [-0.4, -0.2) is 59.3 Å². The van der Waals surface area contributed by atoms with Gasteiger partial charge >= 0.3 is 12.1 Å². The van der Waals surface area contributed by atoms with Crippen molar-refractivity contribution < 1.29 is 32.6 Å². The van der Waals surface area contributed by atoms with Crippen LogP contribution in [0, 0.1) is 23.2 Å². The minimum atomic E-state index is -4.43. The van der Waals surface area contributed by atoms with Gasteiger partial charge in [0, 0.05) is 30.8 Å². The van der Waals surface area contributed by atoms with E-state index in [4.69, 9.17) is 4.74 Å². The number of carboxylic acid groups (broad SMARTS) is 1. The van der Waals surface area contributed by atoms with Crippen LogP contribution in [0.25, 0.3) is 0 Å². The minimum absolute atomic E-state index is 0.0550. The smallest absolute Gasteiger partial charge is 0.405 e. The van der Waals surface area contributed by atoms with Crippen LogP contribution in [0.3, 0.4) is 0 Å². The van der Waals surface area contributed by atoms with E-state index in [1.807, 2.05) is 26.2 Å². The number of halogens is 3. The van der Waals surface area contributed by atoms with Crippen molar-refractivity contribution in [3.63, 3.8) is 0 Å². The summed E-state index contributed by atoms with van der Waals surface area (Å²) in [6.07, 6.45) is 4.07. The van der Waals surface area contributed by atoms with E-state index in [1.165, 1.54) is 6.07 Å². The van der Waals surface area contributed by atoms with Crippen molar-refractivity contribution in [3.05, 3.63) is 39.7 Å². The molecule has 0 aromatic carbocycles. The van der Waals surface area contributed by atoms with Gasteiger partial charge in [0.05, 0.1) is 10.6 Å². The number of hydrogen-bond acceptors (Lipinski definition) is 6. The highest BCUT2D eigenvalue weighted by Crippen LogP contribution is 2.57. The molecule has 3 aliphatic rings. The lowest BCUT2D eigenvalue weighted by molar-refractivity contribution is -0.168. The Hall–Kier alpha value is -3.10. The molecule has 3 fully saturated rings. The number of thiophene rings is 1. The molecule has 0 atom stereocenters. The van der Waals surface area contributed by atoms with Crippen molar-refractivity contribution in [2.24, 2.45) is 11.3 Å². The molecule has 2 aromatic heterocycles. The Morgan fingerprint density at radius 2 is 1.79 bits per heavy atom. The highest BCUT2D eigenvalue weighted by atomic mass is 32.1. The van der Waals surface area contributed by atoms with Gasteiger partial charge in [-0.15, -0.1) is 11.3 Å². The van der Waals surface area contributed by atoms with E-state index >= 15 is 0 Å². The molecule has 1 N–H and O–H groups in total. The number of pyridine rings is 1. The van der Waals surface area contributed by atoms with E-state index in [-0.39, 0.29) is 52.3 Å². The maximum absolute atomic E-state index is 14.0. The summed E-state index contributed by atoms with van der Waals surface area (Å²) in [7, 11) is 3.99. The van der Waals surface area contributed by atoms with Gasteiger partial charge in [-0.05, 0) is 83.2 Å². The van der Waals surface area contributed by atoms with E-state index in [1.54, 1.807) is 11.1 Å². The fourth-order valence-corrected chi connectivity index (χ4v) is 7.01. The SMILES string of the molecule is CN(C)Cc1ccnc(O[C@H]2CC[C@H](N(C(=O)C3CCCCC3)c3cc(C#CC4(C(F)(F)F)CC4)sc3C(=O)O)CC2)c1. The van der Waals surface area contributed by atoms with Gasteiger partial charge in [0.1, 0.15) is 16.4 Å². The van der Waals surface area contributed by atoms with Crippen molar-refractivity contribution in [1.82, 2.24) is 9.88 Å². The van der Waals surface area contributed by atoms with Gasteiger partial charge in [0.25, 0.3) is 0 Å². The van der Waals surface area contributed by atoms with E-state index < -0.39 is 17.6 Å². The van der Waals surface area contributed by atoms with Crippen molar-refractivity contribution in [1.29, 1.82) is 0 Å². The number of carbonyl (C=O) groups is 2. The van der Waals surface area contributed by atoms with Crippen LogP contribution in [0.1, 0.15) is 90.7 Å².